The molecule has 210 valence electrons. The average Bonchev–Trinajstić information content (AvgIpc) is 3.72. The molecule has 0 amide bonds. The van der Waals surface area contributed by atoms with Crippen LogP contribution in [0.4, 0.5) is 5.82 Å². The van der Waals surface area contributed by atoms with E-state index in [-0.39, 0.29) is 17.6 Å². The predicted molar refractivity (Wildman–Crippen MR) is 157 cm³/mol. The second-order valence-electron chi connectivity index (χ2n) is 11.5. The lowest BCUT2D eigenvalue weighted by Gasteiger charge is -2.49. The Labute approximate surface area is 246 Å². The standard InChI is InChI=1S/C31H28Cl2N4O4/c32-23-14-34-15-24(33)26(23)28-22(29(41-36-28)18-1-2-18)11-17-12-31(13-17)7-9-37(10-8-31)25-6-5-20-21(30(39)40)4-3-19(16-38)27(20)35-25/h3-6,11,14-15,18,38H,1-2,7-10,12-13,16H2,(H,39,40). The van der Waals surface area contributed by atoms with Crippen LogP contribution in [-0.2, 0) is 6.61 Å². The highest BCUT2D eigenvalue weighted by molar-refractivity contribution is 6.39. The van der Waals surface area contributed by atoms with Crippen molar-refractivity contribution in [3.8, 4) is 11.3 Å². The molecular weight excluding hydrogens is 563 g/mol. The third kappa shape index (κ3) is 4.68. The van der Waals surface area contributed by atoms with Crippen LogP contribution in [0.3, 0.4) is 0 Å². The van der Waals surface area contributed by atoms with Crippen molar-refractivity contribution in [1.82, 2.24) is 15.1 Å². The largest absolute Gasteiger partial charge is 0.478 e. The van der Waals surface area contributed by atoms with E-state index in [9.17, 15) is 15.0 Å². The molecule has 0 atom stereocenters. The minimum absolute atomic E-state index is 0.192. The summed E-state index contributed by atoms with van der Waals surface area (Å²) < 4.78 is 5.83. The van der Waals surface area contributed by atoms with Crippen molar-refractivity contribution in [2.75, 3.05) is 18.0 Å². The smallest absolute Gasteiger partial charge is 0.336 e. The number of pyridine rings is 2. The van der Waals surface area contributed by atoms with Crippen LogP contribution in [-0.4, -0.2) is 44.4 Å². The lowest BCUT2D eigenvalue weighted by molar-refractivity contribution is 0.0699. The third-order valence-electron chi connectivity index (χ3n) is 8.82. The number of aliphatic hydroxyl groups is 1. The van der Waals surface area contributed by atoms with E-state index in [0.717, 1.165) is 68.8 Å². The quantitative estimate of drug-likeness (QED) is 0.244. The van der Waals surface area contributed by atoms with E-state index >= 15 is 0 Å². The number of allylic oxidation sites excluding steroid dienone is 1. The van der Waals surface area contributed by atoms with Gasteiger partial charge < -0.3 is 19.6 Å². The van der Waals surface area contributed by atoms with Crippen LogP contribution < -0.4 is 4.90 Å². The Bertz CT molecular complexity index is 1690. The zero-order chi connectivity index (χ0) is 28.3. The fourth-order valence-corrected chi connectivity index (χ4v) is 6.99. The van der Waals surface area contributed by atoms with Gasteiger partial charge in [-0.25, -0.2) is 9.78 Å². The second-order valence-corrected chi connectivity index (χ2v) is 12.3. The van der Waals surface area contributed by atoms with E-state index in [1.54, 1.807) is 18.5 Å². The summed E-state index contributed by atoms with van der Waals surface area (Å²) in [5, 5.41) is 25.2. The SMILES string of the molecule is O=C(O)c1ccc(CO)c2nc(N3CCC4(CC3)CC(=Cc3c(-c5c(Cl)cncc5Cl)noc3C3CC3)C4)ccc12. The van der Waals surface area contributed by atoms with E-state index in [1.165, 1.54) is 11.6 Å². The van der Waals surface area contributed by atoms with Gasteiger partial charge in [0.2, 0.25) is 0 Å². The summed E-state index contributed by atoms with van der Waals surface area (Å²) in [4.78, 5) is 22.8. The predicted octanol–water partition coefficient (Wildman–Crippen LogP) is 7.12. The topological polar surface area (TPSA) is 113 Å². The van der Waals surface area contributed by atoms with Crippen molar-refractivity contribution in [1.29, 1.82) is 0 Å². The van der Waals surface area contributed by atoms with Crippen LogP contribution in [0.2, 0.25) is 10.0 Å². The fraction of sp³-hybridized carbons (Fsp3) is 0.355. The molecule has 0 bridgehead atoms. The summed E-state index contributed by atoms with van der Waals surface area (Å²) in [5.74, 6) is 1.13. The van der Waals surface area contributed by atoms with Gasteiger partial charge in [-0.2, -0.15) is 0 Å². The number of hydrogen-bond donors (Lipinski definition) is 2. The van der Waals surface area contributed by atoms with Crippen molar-refractivity contribution in [3.63, 3.8) is 0 Å². The molecule has 3 aliphatic rings. The number of piperidine rings is 1. The number of nitrogens with zero attached hydrogens (tertiary/aromatic N) is 4. The number of aliphatic hydroxyl groups excluding tert-OH is 1. The molecule has 1 saturated heterocycles. The number of anilines is 1. The number of fused-ring (bicyclic) bond motifs is 1. The lowest BCUT2D eigenvalue weighted by Crippen LogP contribution is -2.44. The van der Waals surface area contributed by atoms with E-state index < -0.39 is 5.97 Å². The molecule has 3 aromatic heterocycles. The Morgan fingerprint density at radius 3 is 2.49 bits per heavy atom. The van der Waals surface area contributed by atoms with Crippen LogP contribution in [0.25, 0.3) is 28.2 Å². The van der Waals surface area contributed by atoms with Crippen LogP contribution in [0.15, 0.2) is 46.8 Å². The second kappa shape index (κ2) is 10.1. The molecule has 0 unspecified atom stereocenters. The van der Waals surface area contributed by atoms with Crippen LogP contribution >= 0.6 is 23.2 Å². The summed E-state index contributed by atoms with van der Waals surface area (Å²) in [6.07, 6.45) is 11.7. The molecule has 7 rings (SSSR count). The van der Waals surface area contributed by atoms with E-state index in [2.05, 4.69) is 21.1 Å². The molecule has 0 radical (unpaired) electrons. The molecule has 1 aliphatic heterocycles. The number of carbonyl (C=O) groups is 1. The monoisotopic (exact) mass is 590 g/mol. The van der Waals surface area contributed by atoms with E-state index in [4.69, 9.17) is 32.7 Å². The highest BCUT2D eigenvalue weighted by atomic mass is 35.5. The van der Waals surface area contributed by atoms with Gasteiger partial charge in [0, 0.05) is 53.5 Å². The highest BCUT2D eigenvalue weighted by Crippen LogP contribution is 2.54. The maximum Gasteiger partial charge on any atom is 0.336 e. The first-order valence-corrected chi connectivity index (χ1v) is 14.6. The number of carboxylic acid groups (broad SMARTS) is 1. The number of benzene rings is 1. The minimum atomic E-state index is -1.00. The molecule has 2 aliphatic carbocycles. The highest BCUT2D eigenvalue weighted by Gasteiger charge is 2.43. The van der Waals surface area contributed by atoms with Gasteiger partial charge in [0.05, 0.1) is 27.7 Å². The van der Waals surface area contributed by atoms with Crippen molar-refractivity contribution in [2.24, 2.45) is 5.41 Å². The number of rotatable bonds is 6. The summed E-state index contributed by atoms with van der Waals surface area (Å²) in [6, 6.07) is 6.87. The van der Waals surface area contributed by atoms with Crippen molar-refractivity contribution < 1.29 is 19.5 Å². The Morgan fingerprint density at radius 2 is 1.83 bits per heavy atom. The summed E-state index contributed by atoms with van der Waals surface area (Å²) in [6.45, 7) is 1.54. The van der Waals surface area contributed by atoms with Crippen LogP contribution in [0.5, 0.6) is 0 Å². The number of aromatic nitrogens is 3. The van der Waals surface area contributed by atoms with Crippen molar-refractivity contribution in [3.05, 3.63) is 74.7 Å². The molecule has 4 heterocycles. The zero-order valence-corrected chi connectivity index (χ0v) is 23.8. The van der Waals surface area contributed by atoms with Gasteiger partial charge in [-0.05, 0) is 68.2 Å². The van der Waals surface area contributed by atoms with Gasteiger partial charge >= 0.3 is 5.97 Å². The Balaban J connectivity index is 1.09. The summed E-state index contributed by atoms with van der Waals surface area (Å²) in [5.41, 5.74) is 5.34. The maximum atomic E-state index is 11.7. The van der Waals surface area contributed by atoms with Gasteiger partial charge in [-0.1, -0.05) is 40.0 Å². The van der Waals surface area contributed by atoms with Gasteiger partial charge in [0.15, 0.2) is 0 Å². The molecule has 3 fully saturated rings. The van der Waals surface area contributed by atoms with Crippen LogP contribution in [0.1, 0.15) is 71.7 Å². The first kappa shape index (κ1) is 26.4. The molecule has 2 N–H and O–H groups in total. The number of hydrogen-bond acceptors (Lipinski definition) is 7. The number of carboxylic acids is 1. The fourth-order valence-electron chi connectivity index (χ4n) is 6.44. The van der Waals surface area contributed by atoms with E-state index in [1.807, 2.05) is 12.1 Å². The average molecular weight is 591 g/mol. The molecule has 41 heavy (non-hydrogen) atoms. The van der Waals surface area contributed by atoms with Crippen molar-refractivity contribution in [2.45, 2.75) is 51.0 Å². The molecule has 2 saturated carbocycles. The number of aromatic carboxylic acids is 1. The van der Waals surface area contributed by atoms with Crippen molar-refractivity contribution >= 4 is 52.0 Å². The molecule has 1 spiro atoms. The number of halogens is 2. The normalized spacial score (nSPS) is 18.1. The minimum Gasteiger partial charge on any atom is -0.478 e. The van der Waals surface area contributed by atoms with Crippen LogP contribution in [0, 0.1) is 5.41 Å². The molecule has 10 heteroatoms. The Morgan fingerprint density at radius 1 is 1.10 bits per heavy atom. The van der Waals surface area contributed by atoms with E-state index in [0.29, 0.717) is 43.7 Å². The maximum absolute atomic E-state index is 11.7. The molecular formula is C31H28Cl2N4O4. The third-order valence-corrected chi connectivity index (χ3v) is 9.39. The molecule has 1 aromatic carbocycles. The molecule has 8 nitrogen and oxygen atoms in total. The molecule has 4 aromatic rings. The van der Waals surface area contributed by atoms with Gasteiger partial charge in [-0.3, -0.25) is 4.98 Å². The first-order chi connectivity index (χ1) is 19.9. The zero-order valence-electron chi connectivity index (χ0n) is 22.2. The Hall–Kier alpha value is -3.46. The van der Waals surface area contributed by atoms with Gasteiger partial charge in [0.1, 0.15) is 17.3 Å². The summed E-state index contributed by atoms with van der Waals surface area (Å²) >= 11 is 13.0. The summed E-state index contributed by atoms with van der Waals surface area (Å²) in [7, 11) is 0. The Kier molecular flexibility index (Phi) is 6.52. The lowest BCUT2D eigenvalue weighted by atomic mass is 9.60. The van der Waals surface area contributed by atoms with Gasteiger partial charge in [-0.15, -0.1) is 0 Å². The van der Waals surface area contributed by atoms with Gasteiger partial charge in [0.25, 0.3) is 0 Å². The first-order valence-electron chi connectivity index (χ1n) is 13.9.